The zero-order valence-electron chi connectivity index (χ0n) is 17.0. The van der Waals surface area contributed by atoms with Gasteiger partial charge in [0.25, 0.3) is 0 Å². The Morgan fingerprint density at radius 2 is 1.72 bits per heavy atom. The maximum atomic E-state index is 13.0. The summed E-state index contributed by atoms with van der Waals surface area (Å²) in [5.41, 5.74) is 1.57. The number of benzene rings is 2. The molecule has 0 atom stereocenters. The molecule has 0 fully saturated rings. The molecule has 0 aliphatic heterocycles. The van der Waals surface area contributed by atoms with Gasteiger partial charge in [0, 0.05) is 21.0 Å². The minimum absolute atomic E-state index is 0.124. The van der Waals surface area contributed by atoms with E-state index in [1.807, 2.05) is 58.9 Å². The number of halogens is 2. The van der Waals surface area contributed by atoms with Crippen LogP contribution in [0.4, 0.5) is 0 Å². The molecule has 0 aliphatic carbocycles. The Balaban J connectivity index is 2.39. The molecule has 4 nitrogen and oxygen atoms in total. The molecule has 0 spiro atoms. The van der Waals surface area contributed by atoms with Gasteiger partial charge in [0.15, 0.2) is 11.4 Å². The number of rotatable bonds is 4. The summed E-state index contributed by atoms with van der Waals surface area (Å²) in [6, 6.07) is 12.7. The molecule has 0 saturated heterocycles. The molecule has 152 valence electrons. The molecule has 1 aromatic heterocycles. The van der Waals surface area contributed by atoms with Crippen molar-refractivity contribution in [3.63, 3.8) is 0 Å². The lowest BCUT2D eigenvalue weighted by molar-refractivity contribution is 0.00583. The minimum atomic E-state index is -0.668. The van der Waals surface area contributed by atoms with Crippen molar-refractivity contribution >= 4 is 40.1 Å². The fourth-order valence-electron chi connectivity index (χ4n) is 2.96. The first kappa shape index (κ1) is 21.4. The van der Waals surface area contributed by atoms with Crippen LogP contribution in [0.3, 0.4) is 0 Å². The molecule has 6 heteroatoms. The zero-order valence-corrected chi connectivity index (χ0v) is 18.6. The van der Waals surface area contributed by atoms with Gasteiger partial charge in [-0.3, -0.25) is 0 Å². The van der Waals surface area contributed by atoms with Gasteiger partial charge in [-0.05, 0) is 70.5 Å². The van der Waals surface area contributed by atoms with Crippen LogP contribution >= 0.6 is 23.2 Å². The predicted molar refractivity (Wildman–Crippen MR) is 118 cm³/mol. The van der Waals surface area contributed by atoms with Crippen molar-refractivity contribution < 1.29 is 14.3 Å². The van der Waals surface area contributed by atoms with Gasteiger partial charge in [-0.1, -0.05) is 35.3 Å². The van der Waals surface area contributed by atoms with Crippen molar-refractivity contribution in [3.8, 4) is 16.9 Å². The first-order valence-corrected chi connectivity index (χ1v) is 10.1. The Morgan fingerprint density at radius 3 is 2.34 bits per heavy atom. The van der Waals surface area contributed by atoms with E-state index in [1.54, 1.807) is 18.2 Å². The van der Waals surface area contributed by atoms with Crippen LogP contribution in [0, 0.1) is 0 Å². The number of nitrogens with zero attached hydrogens (tertiary/aromatic N) is 1. The third kappa shape index (κ3) is 5.01. The van der Waals surface area contributed by atoms with Crippen molar-refractivity contribution in [1.82, 2.24) is 4.98 Å². The summed E-state index contributed by atoms with van der Waals surface area (Å²) in [6.07, 6.45) is -0.187. The number of aromatic nitrogens is 1. The summed E-state index contributed by atoms with van der Waals surface area (Å²) in [5.74, 6) is -0.195. The lowest BCUT2D eigenvalue weighted by Crippen LogP contribution is -2.25. The molecule has 1 heterocycles. The third-order valence-electron chi connectivity index (χ3n) is 3.96. The number of fused-ring (bicyclic) bond motifs is 1. The van der Waals surface area contributed by atoms with Crippen LogP contribution in [0.5, 0.6) is 5.75 Å². The number of ether oxygens (including phenoxy) is 2. The topological polar surface area (TPSA) is 48.4 Å². The lowest BCUT2D eigenvalue weighted by Gasteiger charge is -2.23. The molecule has 2 aromatic carbocycles. The number of hydrogen-bond acceptors (Lipinski definition) is 4. The van der Waals surface area contributed by atoms with Crippen molar-refractivity contribution in [1.29, 1.82) is 0 Å². The van der Waals surface area contributed by atoms with Crippen molar-refractivity contribution in [2.45, 2.75) is 46.3 Å². The summed E-state index contributed by atoms with van der Waals surface area (Å²) in [7, 11) is 0. The molecule has 0 N–H and O–H groups in total. The molecule has 29 heavy (non-hydrogen) atoms. The molecule has 0 saturated carbocycles. The van der Waals surface area contributed by atoms with Crippen molar-refractivity contribution in [2.24, 2.45) is 0 Å². The molecule has 0 radical (unpaired) electrons. The highest BCUT2D eigenvalue weighted by molar-refractivity contribution is 6.32. The van der Waals surface area contributed by atoms with Gasteiger partial charge in [0.1, 0.15) is 5.60 Å². The molecule has 0 aliphatic rings. The van der Waals surface area contributed by atoms with Crippen LogP contribution in [0.15, 0.2) is 42.5 Å². The quantitative estimate of drug-likeness (QED) is 0.419. The second-order valence-corrected chi connectivity index (χ2v) is 8.88. The summed E-state index contributed by atoms with van der Waals surface area (Å²) < 4.78 is 11.7. The number of carbonyl (C=O) groups excluding carboxylic acids is 1. The molecule has 3 rings (SSSR count). The van der Waals surface area contributed by atoms with Gasteiger partial charge in [0.05, 0.1) is 11.6 Å². The normalized spacial score (nSPS) is 11.7. The number of carbonyl (C=O) groups is 1. The van der Waals surface area contributed by atoms with Crippen molar-refractivity contribution in [2.75, 3.05) is 0 Å². The van der Waals surface area contributed by atoms with E-state index in [1.165, 1.54) is 0 Å². The smallest absolute Gasteiger partial charge is 0.361 e. The maximum Gasteiger partial charge on any atom is 0.361 e. The Labute approximate surface area is 180 Å². The predicted octanol–water partition coefficient (Wildman–Crippen LogP) is 6.95. The van der Waals surface area contributed by atoms with Gasteiger partial charge >= 0.3 is 5.97 Å². The van der Waals surface area contributed by atoms with Crippen LogP contribution in [-0.2, 0) is 4.74 Å². The van der Waals surface area contributed by atoms with Gasteiger partial charge in [-0.15, -0.1) is 0 Å². The standard InChI is InChI=1S/C23H23Cl2NO3/c1-13(2)28-21-19(14-7-6-8-15(24)11-14)17-12-16(25)9-10-18(17)26-20(21)22(27)29-23(3,4)5/h6-13H,1-5H3. The van der Waals surface area contributed by atoms with E-state index in [0.29, 0.717) is 26.9 Å². The maximum absolute atomic E-state index is 13.0. The van der Waals surface area contributed by atoms with Gasteiger partial charge in [0.2, 0.25) is 0 Å². The van der Waals surface area contributed by atoms with E-state index >= 15 is 0 Å². The van der Waals surface area contributed by atoms with E-state index in [4.69, 9.17) is 32.7 Å². The highest BCUT2D eigenvalue weighted by atomic mass is 35.5. The Hall–Kier alpha value is -2.30. The zero-order chi connectivity index (χ0) is 21.3. The fourth-order valence-corrected chi connectivity index (χ4v) is 3.33. The van der Waals surface area contributed by atoms with Crippen molar-refractivity contribution in [3.05, 3.63) is 58.2 Å². The van der Waals surface area contributed by atoms with E-state index in [9.17, 15) is 4.79 Å². The molecule has 0 unspecified atom stereocenters. The van der Waals surface area contributed by atoms with Gasteiger partial charge in [-0.2, -0.15) is 0 Å². The largest absolute Gasteiger partial charge is 0.488 e. The average Bonchev–Trinajstić information content (AvgIpc) is 2.59. The summed E-state index contributed by atoms with van der Waals surface area (Å²) in [6.45, 7) is 9.22. The van der Waals surface area contributed by atoms with Crippen LogP contribution in [0.25, 0.3) is 22.0 Å². The van der Waals surface area contributed by atoms with E-state index in [0.717, 1.165) is 10.9 Å². The monoisotopic (exact) mass is 431 g/mol. The summed E-state index contributed by atoms with van der Waals surface area (Å²) in [4.78, 5) is 17.6. The van der Waals surface area contributed by atoms with Crippen LogP contribution in [-0.4, -0.2) is 22.7 Å². The second kappa shape index (κ2) is 8.21. The molecule has 0 amide bonds. The molecule has 0 bridgehead atoms. The Kier molecular flexibility index (Phi) is 6.06. The third-order valence-corrected chi connectivity index (χ3v) is 4.43. The molecular formula is C23H23Cl2NO3. The molecular weight excluding hydrogens is 409 g/mol. The van der Waals surface area contributed by atoms with E-state index < -0.39 is 11.6 Å². The number of hydrogen-bond donors (Lipinski definition) is 0. The van der Waals surface area contributed by atoms with E-state index in [-0.39, 0.29) is 11.8 Å². The number of esters is 1. The minimum Gasteiger partial charge on any atom is -0.488 e. The highest BCUT2D eigenvalue weighted by Crippen LogP contribution is 2.41. The van der Waals surface area contributed by atoms with E-state index in [2.05, 4.69) is 4.98 Å². The van der Waals surface area contributed by atoms with Crippen LogP contribution in [0.1, 0.15) is 45.1 Å². The first-order chi connectivity index (χ1) is 13.5. The summed E-state index contributed by atoms with van der Waals surface area (Å²) in [5, 5.41) is 1.90. The number of pyridine rings is 1. The second-order valence-electron chi connectivity index (χ2n) is 8.00. The Bertz CT molecular complexity index is 1070. The Morgan fingerprint density at radius 1 is 1.03 bits per heavy atom. The van der Waals surface area contributed by atoms with Gasteiger partial charge < -0.3 is 9.47 Å². The summed E-state index contributed by atoms with van der Waals surface area (Å²) >= 11 is 12.5. The van der Waals surface area contributed by atoms with Gasteiger partial charge in [-0.25, -0.2) is 9.78 Å². The fraction of sp³-hybridized carbons (Fsp3) is 0.304. The van der Waals surface area contributed by atoms with Crippen LogP contribution < -0.4 is 4.74 Å². The highest BCUT2D eigenvalue weighted by Gasteiger charge is 2.28. The van der Waals surface area contributed by atoms with Crippen LogP contribution in [0.2, 0.25) is 10.0 Å². The average molecular weight is 432 g/mol. The lowest BCUT2D eigenvalue weighted by atomic mass is 9.98. The molecule has 3 aromatic rings. The SMILES string of the molecule is CC(C)Oc1c(C(=O)OC(C)(C)C)nc2ccc(Cl)cc2c1-c1cccc(Cl)c1. The first-order valence-electron chi connectivity index (χ1n) is 9.34.